The van der Waals surface area contributed by atoms with E-state index in [-0.39, 0.29) is 11.7 Å². The molecule has 7 heteroatoms. The van der Waals surface area contributed by atoms with Crippen molar-refractivity contribution >= 4 is 23.5 Å². The monoisotopic (exact) mass is 320 g/mol. The van der Waals surface area contributed by atoms with Gasteiger partial charge >= 0.3 is 6.18 Å². The Balaban J connectivity index is 2.75. The van der Waals surface area contributed by atoms with Crippen LogP contribution in [0.1, 0.15) is 39.7 Å². The molecular weight excluding hydrogens is 301 g/mol. The molecule has 1 amide bonds. The molecule has 0 aromatic carbocycles. The Morgan fingerprint density at radius 2 is 2.00 bits per heavy atom. The van der Waals surface area contributed by atoms with E-state index in [1.807, 2.05) is 13.8 Å². The van der Waals surface area contributed by atoms with Crippen molar-refractivity contribution in [2.45, 2.75) is 50.3 Å². The maximum atomic E-state index is 12.4. The van der Waals surface area contributed by atoms with Crippen molar-refractivity contribution in [3.8, 4) is 0 Å². The number of amides is 1. The number of pyridine rings is 1. The highest BCUT2D eigenvalue weighted by molar-refractivity contribution is 8.01. The fourth-order valence-electron chi connectivity index (χ4n) is 1.54. The highest BCUT2D eigenvalue weighted by atomic mass is 32.2. The second-order valence-corrected chi connectivity index (χ2v) is 7.29. The van der Waals surface area contributed by atoms with Crippen molar-refractivity contribution in [1.29, 1.82) is 0 Å². The lowest BCUT2D eigenvalue weighted by atomic mass is 10.2. The molecule has 0 aliphatic carbocycles. The van der Waals surface area contributed by atoms with E-state index in [0.29, 0.717) is 11.4 Å². The Bertz CT molecular complexity index is 486. The lowest BCUT2D eigenvalue weighted by molar-refractivity contribution is -0.137. The van der Waals surface area contributed by atoms with Crippen molar-refractivity contribution in [2.75, 3.05) is 5.32 Å². The van der Waals surface area contributed by atoms with Crippen molar-refractivity contribution < 1.29 is 18.0 Å². The molecule has 0 aliphatic heterocycles. The minimum Gasteiger partial charge on any atom is -0.310 e. The first-order valence-corrected chi connectivity index (χ1v) is 7.46. The van der Waals surface area contributed by atoms with Gasteiger partial charge in [-0.25, -0.2) is 4.98 Å². The fraction of sp³-hybridized carbons (Fsp3) is 0.571. The molecule has 1 unspecified atom stereocenters. The molecule has 118 valence electrons. The molecule has 3 nitrogen and oxygen atoms in total. The van der Waals surface area contributed by atoms with Gasteiger partial charge < -0.3 is 5.32 Å². The molecule has 21 heavy (non-hydrogen) atoms. The zero-order chi connectivity index (χ0) is 16.3. The molecule has 1 aromatic rings. The summed E-state index contributed by atoms with van der Waals surface area (Å²) in [4.78, 5) is 15.8. The average molecular weight is 320 g/mol. The third-order valence-corrected chi connectivity index (χ3v) is 4.46. The van der Waals surface area contributed by atoms with Gasteiger partial charge in [0, 0.05) is 11.4 Å². The Labute approximate surface area is 126 Å². The van der Waals surface area contributed by atoms with Gasteiger partial charge in [0.25, 0.3) is 0 Å². The van der Waals surface area contributed by atoms with Gasteiger partial charge in [0.05, 0.1) is 10.3 Å². The summed E-state index contributed by atoms with van der Waals surface area (Å²) >= 11 is 1.52. The first-order valence-electron chi connectivity index (χ1n) is 6.58. The number of carbonyl (C=O) groups excluding carboxylic acids is 1. The van der Waals surface area contributed by atoms with Crippen LogP contribution in [0.15, 0.2) is 18.3 Å². The third kappa shape index (κ3) is 5.22. The fourth-order valence-corrected chi connectivity index (χ4v) is 2.87. The summed E-state index contributed by atoms with van der Waals surface area (Å²) in [7, 11) is 0. The van der Waals surface area contributed by atoms with Crippen molar-refractivity contribution in [1.82, 2.24) is 4.98 Å². The molecule has 0 fully saturated rings. The maximum Gasteiger partial charge on any atom is 0.417 e. The quantitative estimate of drug-likeness (QED) is 0.877. The minimum atomic E-state index is -4.43. The van der Waals surface area contributed by atoms with Crippen LogP contribution in [-0.2, 0) is 11.0 Å². The molecule has 0 radical (unpaired) electrons. The van der Waals surface area contributed by atoms with Crippen LogP contribution in [0.2, 0.25) is 0 Å². The number of hydrogen-bond donors (Lipinski definition) is 1. The van der Waals surface area contributed by atoms with Gasteiger partial charge in [-0.2, -0.15) is 13.2 Å². The first-order chi connectivity index (χ1) is 9.56. The van der Waals surface area contributed by atoms with E-state index in [1.165, 1.54) is 11.8 Å². The summed E-state index contributed by atoms with van der Waals surface area (Å²) in [6.07, 6.45) is -2.79. The summed E-state index contributed by atoms with van der Waals surface area (Å²) in [6, 6.07) is 2.06. The van der Waals surface area contributed by atoms with Gasteiger partial charge in [-0.3, -0.25) is 4.79 Å². The van der Waals surface area contributed by atoms with Gasteiger partial charge in [-0.1, -0.05) is 13.8 Å². The van der Waals surface area contributed by atoms with Crippen molar-refractivity contribution in [3.63, 3.8) is 0 Å². The van der Waals surface area contributed by atoms with Gasteiger partial charge in [-0.15, -0.1) is 11.8 Å². The van der Waals surface area contributed by atoms with Crippen LogP contribution < -0.4 is 5.32 Å². The molecule has 0 saturated heterocycles. The first kappa shape index (κ1) is 17.8. The Hall–Kier alpha value is -1.24. The van der Waals surface area contributed by atoms with E-state index in [2.05, 4.69) is 10.3 Å². The highest BCUT2D eigenvalue weighted by Crippen LogP contribution is 2.32. The third-order valence-electron chi connectivity index (χ3n) is 2.95. The second kappa shape index (κ2) is 6.68. The zero-order valence-corrected chi connectivity index (χ0v) is 13.2. The van der Waals surface area contributed by atoms with Gasteiger partial charge in [0.15, 0.2) is 0 Å². The Kier molecular flexibility index (Phi) is 5.67. The van der Waals surface area contributed by atoms with E-state index < -0.39 is 16.5 Å². The molecule has 1 N–H and O–H groups in total. The van der Waals surface area contributed by atoms with Crippen LogP contribution in [0.5, 0.6) is 0 Å². The van der Waals surface area contributed by atoms with E-state index in [4.69, 9.17) is 0 Å². The molecule has 0 saturated carbocycles. The molecule has 1 heterocycles. The van der Waals surface area contributed by atoms with Gasteiger partial charge in [-0.05, 0) is 32.4 Å². The number of carbonyl (C=O) groups is 1. The number of aromatic nitrogens is 1. The lowest BCUT2D eigenvalue weighted by Gasteiger charge is -2.25. The molecular formula is C14H19F3N2OS. The summed E-state index contributed by atoms with van der Waals surface area (Å²) in [6.45, 7) is 7.62. The zero-order valence-electron chi connectivity index (χ0n) is 12.4. The van der Waals surface area contributed by atoms with Crippen LogP contribution in [-0.4, -0.2) is 20.9 Å². The van der Waals surface area contributed by atoms with E-state index in [1.54, 1.807) is 13.8 Å². The predicted octanol–water partition coefficient (Wildman–Crippen LogP) is 4.35. The van der Waals surface area contributed by atoms with Crippen molar-refractivity contribution in [3.05, 3.63) is 23.9 Å². The summed E-state index contributed by atoms with van der Waals surface area (Å²) < 4.78 is 36.6. The average Bonchev–Trinajstić information content (AvgIpc) is 2.37. The summed E-state index contributed by atoms with van der Waals surface area (Å²) in [5.41, 5.74) is -0.839. The molecule has 1 rings (SSSR count). The smallest absolute Gasteiger partial charge is 0.310 e. The molecule has 1 aromatic heterocycles. The number of hydrogen-bond acceptors (Lipinski definition) is 3. The molecule has 0 spiro atoms. The topological polar surface area (TPSA) is 42.0 Å². The predicted molar refractivity (Wildman–Crippen MR) is 79.3 cm³/mol. The largest absolute Gasteiger partial charge is 0.417 e. The van der Waals surface area contributed by atoms with E-state index in [0.717, 1.165) is 18.6 Å². The number of rotatable bonds is 5. The number of alkyl halides is 3. The highest BCUT2D eigenvalue weighted by Gasteiger charge is 2.32. The van der Waals surface area contributed by atoms with Gasteiger partial charge in [0.2, 0.25) is 5.91 Å². The van der Waals surface area contributed by atoms with Crippen LogP contribution in [0.25, 0.3) is 0 Å². The second-order valence-electron chi connectivity index (χ2n) is 5.23. The number of nitrogens with one attached hydrogen (secondary N) is 1. The molecule has 1 atom stereocenters. The van der Waals surface area contributed by atoms with Crippen molar-refractivity contribution in [2.24, 2.45) is 0 Å². The Morgan fingerprint density at radius 3 is 2.43 bits per heavy atom. The van der Waals surface area contributed by atoms with E-state index in [9.17, 15) is 18.0 Å². The standard InChI is InChI=1S/C14H19F3N2OS/c1-5-9(2)21-13(3,4)12(20)19-11-7-6-10(8-18-11)14(15,16)17/h6-9H,5H2,1-4H3,(H,18,19,20). The summed E-state index contributed by atoms with van der Waals surface area (Å²) in [5.74, 6) is -0.161. The number of anilines is 1. The minimum absolute atomic E-state index is 0.117. The number of thioether (sulfide) groups is 1. The summed E-state index contributed by atoms with van der Waals surface area (Å²) in [5, 5.41) is 2.86. The van der Waals surface area contributed by atoms with Crippen LogP contribution in [0.4, 0.5) is 19.0 Å². The van der Waals surface area contributed by atoms with Crippen LogP contribution in [0, 0.1) is 0 Å². The number of halogens is 3. The van der Waals surface area contributed by atoms with Crippen LogP contribution in [0.3, 0.4) is 0 Å². The normalized spacial score (nSPS) is 13.9. The SMILES string of the molecule is CCC(C)SC(C)(C)C(=O)Nc1ccc(C(F)(F)F)cn1. The van der Waals surface area contributed by atoms with E-state index >= 15 is 0 Å². The van der Waals surface area contributed by atoms with Gasteiger partial charge in [0.1, 0.15) is 5.82 Å². The molecule has 0 aliphatic rings. The number of nitrogens with zero attached hydrogens (tertiary/aromatic N) is 1. The maximum absolute atomic E-state index is 12.4. The lowest BCUT2D eigenvalue weighted by Crippen LogP contribution is -2.35. The molecule has 0 bridgehead atoms. The van der Waals surface area contributed by atoms with Crippen LogP contribution >= 0.6 is 11.8 Å². The Morgan fingerprint density at radius 1 is 1.38 bits per heavy atom.